The normalized spacial score (nSPS) is 21.0. The minimum Gasteiger partial charge on any atom is -0.452 e. The number of hydrogen-bond acceptors (Lipinski definition) is 6. The van der Waals surface area contributed by atoms with Crippen LogP contribution in [-0.4, -0.2) is 64.1 Å². The number of esters is 1. The first kappa shape index (κ1) is 19.4. The van der Waals surface area contributed by atoms with E-state index in [-0.39, 0.29) is 28.6 Å². The van der Waals surface area contributed by atoms with Gasteiger partial charge in [0.05, 0.1) is 22.7 Å². The molecule has 0 spiro atoms. The van der Waals surface area contributed by atoms with E-state index in [1.165, 1.54) is 31.3 Å². The topological polar surface area (TPSA) is 102 Å². The summed E-state index contributed by atoms with van der Waals surface area (Å²) in [4.78, 5) is 25.8. The molecule has 1 N–H and O–H groups in total. The molecule has 1 aliphatic heterocycles. The molecule has 1 saturated heterocycles. The van der Waals surface area contributed by atoms with Gasteiger partial charge in [-0.2, -0.15) is 0 Å². The number of sulfonamides is 1. The predicted octanol–water partition coefficient (Wildman–Crippen LogP) is 0.387. The van der Waals surface area contributed by atoms with Crippen LogP contribution in [0, 0.1) is 0 Å². The highest BCUT2D eigenvalue weighted by Crippen LogP contribution is 2.13. The molecule has 0 aromatic heterocycles. The zero-order valence-electron chi connectivity index (χ0n) is 14.4. The van der Waals surface area contributed by atoms with Crippen LogP contribution in [0.25, 0.3) is 0 Å². The van der Waals surface area contributed by atoms with Crippen molar-refractivity contribution in [1.29, 1.82) is 0 Å². The minimum absolute atomic E-state index is 0.0494. The molecule has 0 bridgehead atoms. The first-order valence-corrected chi connectivity index (χ1v) is 9.35. The van der Waals surface area contributed by atoms with Gasteiger partial charge in [-0.3, -0.25) is 4.79 Å². The van der Waals surface area contributed by atoms with Gasteiger partial charge in [0.15, 0.2) is 6.61 Å². The maximum Gasteiger partial charge on any atom is 0.338 e. The highest BCUT2D eigenvalue weighted by molar-refractivity contribution is 7.89. The van der Waals surface area contributed by atoms with Crippen LogP contribution in [0.2, 0.25) is 0 Å². The molecule has 2 rings (SSSR count). The lowest BCUT2D eigenvalue weighted by atomic mass is 10.2. The highest BCUT2D eigenvalue weighted by Gasteiger charge is 2.26. The summed E-state index contributed by atoms with van der Waals surface area (Å²) in [6.45, 7) is 4.22. The Kier molecular flexibility index (Phi) is 6.15. The number of nitrogens with zero attached hydrogens (tertiary/aromatic N) is 1. The number of morpholine rings is 1. The van der Waals surface area contributed by atoms with Crippen molar-refractivity contribution in [2.75, 3.05) is 26.7 Å². The van der Waals surface area contributed by atoms with Crippen molar-refractivity contribution in [2.45, 2.75) is 31.0 Å². The van der Waals surface area contributed by atoms with Gasteiger partial charge in [-0.25, -0.2) is 17.9 Å². The number of carbonyl (C=O) groups is 2. The molecule has 138 valence electrons. The van der Waals surface area contributed by atoms with Gasteiger partial charge in [0.2, 0.25) is 10.0 Å². The Hall–Kier alpha value is -1.97. The molecule has 1 aromatic carbocycles. The summed E-state index contributed by atoms with van der Waals surface area (Å²) < 4.78 is 36.3. The van der Waals surface area contributed by atoms with E-state index in [0.29, 0.717) is 13.1 Å². The maximum absolute atomic E-state index is 12.2. The molecule has 8 nitrogen and oxygen atoms in total. The lowest BCUT2D eigenvalue weighted by molar-refractivity contribution is -0.146. The minimum atomic E-state index is -3.66. The first-order chi connectivity index (χ1) is 11.7. The molecule has 1 amide bonds. The summed E-state index contributed by atoms with van der Waals surface area (Å²) in [5.74, 6) is -1.06. The van der Waals surface area contributed by atoms with E-state index in [1.807, 2.05) is 13.8 Å². The molecule has 1 aliphatic rings. The number of hydrogen-bond donors (Lipinski definition) is 1. The van der Waals surface area contributed by atoms with Gasteiger partial charge < -0.3 is 14.4 Å². The van der Waals surface area contributed by atoms with Crippen LogP contribution in [0.1, 0.15) is 24.2 Å². The standard InChI is InChI=1S/C16H22N2O6S/c1-11-8-18(9-12(2)24-11)15(19)10-23-16(20)13-5-4-6-14(7-13)25(21,22)17-3/h4-7,11-12,17H,8-10H2,1-3H3/t11-,12-/m1/s1. The molecule has 0 radical (unpaired) electrons. The fourth-order valence-corrected chi connectivity index (χ4v) is 3.37. The van der Waals surface area contributed by atoms with E-state index in [4.69, 9.17) is 9.47 Å². The Morgan fingerprint density at radius 2 is 1.92 bits per heavy atom. The number of amides is 1. The Bertz CT molecular complexity index is 739. The summed E-state index contributed by atoms with van der Waals surface area (Å²) in [6.07, 6.45) is -0.154. The van der Waals surface area contributed by atoms with Crippen molar-refractivity contribution in [1.82, 2.24) is 9.62 Å². The smallest absolute Gasteiger partial charge is 0.338 e. The molecule has 0 saturated carbocycles. The van der Waals surface area contributed by atoms with Crippen molar-refractivity contribution >= 4 is 21.9 Å². The fraction of sp³-hybridized carbons (Fsp3) is 0.500. The van der Waals surface area contributed by atoms with Gasteiger partial charge in [-0.15, -0.1) is 0 Å². The number of benzene rings is 1. The number of ether oxygens (including phenoxy) is 2. The van der Waals surface area contributed by atoms with Crippen molar-refractivity contribution in [3.05, 3.63) is 29.8 Å². The summed E-state index contributed by atoms with van der Waals surface area (Å²) >= 11 is 0. The van der Waals surface area contributed by atoms with Gasteiger partial charge in [0, 0.05) is 13.1 Å². The van der Waals surface area contributed by atoms with Gasteiger partial charge in [0.25, 0.3) is 5.91 Å². The van der Waals surface area contributed by atoms with Gasteiger partial charge in [0.1, 0.15) is 0 Å². The second-order valence-electron chi connectivity index (χ2n) is 5.87. The monoisotopic (exact) mass is 370 g/mol. The lowest BCUT2D eigenvalue weighted by Crippen LogP contribution is -2.49. The van der Waals surface area contributed by atoms with Crippen molar-refractivity contribution in [3.63, 3.8) is 0 Å². The first-order valence-electron chi connectivity index (χ1n) is 7.87. The van der Waals surface area contributed by atoms with Crippen LogP contribution >= 0.6 is 0 Å². The zero-order valence-corrected chi connectivity index (χ0v) is 15.2. The van der Waals surface area contributed by atoms with E-state index in [9.17, 15) is 18.0 Å². The van der Waals surface area contributed by atoms with Crippen molar-refractivity contribution < 1.29 is 27.5 Å². The van der Waals surface area contributed by atoms with Gasteiger partial charge in [-0.1, -0.05) is 6.07 Å². The Morgan fingerprint density at radius 1 is 1.28 bits per heavy atom. The molecule has 0 aliphatic carbocycles. The van der Waals surface area contributed by atoms with E-state index in [1.54, 1.807) is 4.90 Å². The second kappa shape index (κ2) is 7.94. The number of nitrogens with one attached hydrogen (secondary N) is 1. The quantitative estimate of drug-likeness (QED) is 0.752. The average molecular weight is 370 g/mol. The fourth-order valence-electron chi connectivity index (χ4n) is 2.59. The predicted molar refractivity (Wildman–Crippen MR) is 89.6 cm³/mol. The van der Waals surface area contributed by atoms with Crippen molar-refractivity contribution in [3.8, 4) is 0 Å². The summed E-state index contributed by atoms with van der Waals surface area (Å²) in [5, 5.41) is 0. The zero-order chi connectivity index (χ0) is 18.6. The number of carbonyl (C=O) groups excluding carboxylic acids is 2. The average Bonchev–Trinajstić information content (AvgIpc) is 2.58. The van der Waals surface area contributed by atoms with Crippen LogP contribution in [-0.2, 0) is 24.3 Å². The van der Waals surface area contributed by atoms with Crippen LogP contribution in [0.3, 0.4) is 0 Å². The van der Waals surface area contributed by atoms with Crippen LogP contribution < -0.4 is 4.72 Å². The molecule has 2 atom stereocenters. The van der Waals surface area contributed by atoms with E-state index < -0.39 is 22.6 Å². The molecule has 1 heterocycles. The Morgan fingerprint density at radius 3 is 2.52 bits per heavy atom. The third kappa shape index (κ3) is 5.00. The molecule has 1 aromatic rings. The summed E-state index contributed by atoms with van der Waals surface area (Å²) in [6, 6.07) is 5.44. The third-order valence-electron chi connectivity index (χ3n) is 3.75. The highest BCUT2D eigenvalue weighted by atomic mass is 32.2. The van der Waals surface area contributed by atoms with E-state index in [2.05, 4.69) is 4.72 Å². The Labute approximate surface area is 147 Å². The van der Waals surface area contributed by atoms with Crippen LogP contribution in [0.15, 0.2) is 29.2 Å². The second-order valence-corrected chi connectivity index (χ2v) is 7.75. The molecule has 25 heavy (non-hydrogen) atoms. The summed E-state index contributed by atoms with van der Waals surface area (Å²) in [5.41, 5.74) is 0.0628. The largest absolute Gasteiger partial charge is 0.452 e. The summed E-state index contributed by atoms with van der Waals surface area (Å²) in [7, 11) is -2.38. The number of rotatable bonds is 5. The molecular weight excluding hydrogens is 348 g/mol. The molecular formula is C16H22N2O6S. The van der Waals surface area contributed by atoms with Crippen molar-refractivity contribution in [2.24, 2.45) is 0 Å². The molecule has 9 heteroatoms. The van der Waals surface area contributed by atoms with Gasteiger partial charge >= 0.3 is 5.97 Å². The third-order valence-corrected chi connectivity index (χ3v) is 5.16. The van der Waals surface area contributed by atoms with E-state index >= 15 is 0 Å². The van der Waals surface area contributed by atoms with Crippen LogP contribution in [0.5, 0.6) is 0 Å². The Balaban J connectivity index is 1.98. The molecule has 1 fully saturated rings. The van der Waals surface area contributed by atoms with Crippen LogP contribution in [0.4, 0.5) is 0 Å². The SMILES string of the molecule is CNS(=O)(=O)c1cccc(C(=O)OCC(=O)N2C[C@@H](C)O[C@H](C)C2)c1. The van der Waals surface area contributed by atoms with Gasteiger partial charge in [-0.05, 0) is 39.1 Å². The lowest BCUT2D eigenvalue weighted by Gasteiger charge is -2.35. The van der Waals surface area contributed by atoms with E-state index in [0.717, 1.165) is 0 Å². The maximum atomic E-state index is 12.2. The molecule has 0 unspecified atom stereocenters.